The normalized spacial score (nSPS) is 23.8. The molecule has 3 nitrogen and oxygen atoms in total. The largest absolute Gasteiger partial charge is 0.391 e. The molecular weight excluding hydrogens is 403 g/mol. The minimum Gasteiger partial charge on any atom is -0.391 e. The summed E-state index contributed by atoms with van der Waals surface area (Å²) in [7, 11) is 0. The molecule has 2 aliphatic rings. The number of rotatable bonds is 4. The highest BCUT2D eigenvalue weighted by molar-refractivity contribution is 5.85. The molecule has 2 aromatic carbocycles. The number of likely N-dealkylation sites (tertiary alicyclic amines) is 2. The molecule has 29 heavy (non-hydrogen) atoms. The van der Waals surface area contributed by atoms with Crippen molar-refractivity contribution in [3.8, 4) is 0 Å². The van der Waals surface area contributed by atoms with Crippen LogP contribution in [0.1, 0.15) is 41.9 Å². The average molecular weight is 437 g/mol. The molecule has 0 saturated carbocycles. The first-order chi connectivity index (χ1) is 13.2. The van der Waals surface area contributed by atoms with Gasteiger partial charge in [-0.3, -0.25) is 9.80 Å². The van der Waals surface area contributed by atoms with Crippen molar-refractivity contribution in [2.24, 2.45) is 0 Å². The fraction of sp³-hybridized carbons (Fsp3) is 0.500. The quantitative estimate of drug-likeness (QED) is 0.754. The van der Waals surface area contributed by atoms with Crippen molar-refractivity contribution in [2.45, 2.75) is 50.8 Å². The Morgan fingerprint density at radius 1 is 0.862 bits per heavy atom. The van der Waals surface area contributed by atoms with Crippen molar-refractivity contribution in [2.75, 3.05) is 26.2 Å². The first kappa shape index (κ1) is 24.2. The van der Waals surface area contributed by atoms with E-state index in [-0.39, 0.29) is 37.0 Å². The number of aryl methyl sites for hydroxylation is 1. The summed E-state index contributed by atoms with van der Waals surface area (Å²) in [5.74, 6) is 0.673. The molecule has 0 amide bonds. The summed E-state index contributed by atoms with van der Waals surface area (Å²) in [6.07, 6.45) is 3.10. The third kappa shape index (κ3) is 6.19. The highest BCUT2D eigenvalue weighted by Gasteiger charge is 2.34. The molecule has 0 aromatic heterocycles. The number of benzene rings is 2. The maximum absolute atomic E-state index is 10.7. The molecule has 0 unspecified atom stereocenters. The Hall–Kier alpha value is -1.10. The van der Waals surface area contributed by atoms with Crippen molar-refractivity contribution in [1.82, 2.24) is 9.80 Å². The zero-order valence-corrected chi connectivity index (χ0v) is 18.9. The van der Waals surface area contributed by atoms with Crippen LogP contribution in [0.2, 0.25) is 0 Å². The number of aliphatic hydroxyl groups excluding tert-OH is 1. The van der Waals surface area contributed by atoms with E-state index >= 15 is 0 Å². The van der Waals surface area contributed by atoms with E-state index in [1.807, 2.05) is 0 Å². The maximum Gasteiger partial charge on any atom is 0.0720 e. The van der Waals surface area contributed by atoms with Crippen LogP contribution < -0.4 is 0 Å². The van der Waals surface area contributed by atoms with Gasteiger partial charge in [-0.2, -0.15) is 0 Å². The van der Waals surface area contributed by atoms with Gasteiger partial charge in [-0.25, -0.2) is 0 Å². The molecule has 0 spiro atoms. The molecule has 0 bridgehead atoms. The summed E-state index contributed by atoms with van der Waals surface area (Å²) < 4.78 is 0. The molecule has 2 saturated heterocycles. The Balaban J connectivity index is 0.00000150. The van der Waals surface area contributed by atoms with Gasteiger partial charge in [0.05, 0.1) is 6.10 Å². The van der Waals surface area contributed by atoms with Crippen molar-refractivity contribution in [1.29, 1.82) is 0 Å². The minimum atomic E-state index is -0.187. The smallest absolute Gasteiger partial charge is 0.0720 e. The van der Waals surface area contributed by atoms with Crippen LogP contribution in [0.5, 0.6) is 0 Å². The van der Waals surface area contributed by atoms with E-state index in [1.54, 1.807) is 0 Å². The lowest BCUT2D eigenvalue weighted by Crippen LogP contribution is -2.56. The molecule has 2 aliphatic heterocycles. The monoisotopic (exact) mass is 436 g/mol. The highest BCUT2D eigenvalue weighted by Crippen LogP contribution is 2.30. The number of piperidine rings is 2. The second-order valence-electron chi connectivity index (χ2n) is 8.37. The summed E-state index contributed by atoms with van der Waals surface area (Å²) in [5, 5.41) is 10.7. The van der Waals surface area contributed by atoms with Crippen LogP contribution in [0, 0.1) is 6.92 Å². The van der Waals surface area contributed by atoms with Crippen LogP contribution in [0.15, 0.2) is 54.6 Å². The van der Waals surface area contributed by atoms with Gasteiger partial charge in [-0.05, 0) is 56.3 Å². The number of hydrogen-bond acceptors (Lipinski definition) is 3. The van der Waals surface area contributed by atoms with Crippen molar-refractivity contribution >= 4 is 24.8 Å². The van der Waals surface area contributed by atoms with E-state index in [4.69, 9.17) is 0 Å². The van der Waals surface area contributed by atoms with Crippen molar-refractivity contribution in [3.05, 3.63) is 71.3 Å². The first-order valence-corrected chi connectivity index (χ1v) is 10.4. The molecule has 0 radical (unpaired) electrons. The highest BCUT2D eigenvalue weighted by atomic mass is 35.5. The minimum absolute atomic E-state index is 0. The van der Waals surface area contributed by atoms with E-state index in [2.05, 4.69) is 71.3 Å². The first-order valence-electron chi connectivity index (χ1n) is 10.4. The lowest BCUT2D eigenvalue weighted by Gasteiger charge is -2.45. The van der Waals surface area contributed by atoms with E-state index in [0.29, 0.717) is 5.92 Å². The van der Waals surface area contributed by atoms with Crippen LogP contribution in [0.4, 0.5) is 0 Å². The molecule has 4 rings (SSSR count). The SMILES string of the molecule is Cc1ccc(CN2CC[C@@H](O)[C@H](N3CCC(c4ccccc4)CC3)C2)cc1.Cl.Cl. The van der Waals surface area contributed by atoms with E-state index in [1.165, 1.54) is 29.5 Å². The fourth-order valence-electron chi connectivity index (χ4n) is 4.73. The molecule has 2 aromatic rings. The summed E-state index contributed by atoms with van der Waals surface area (Å²) in [5.41, 5.74) is 4.16. The van der Waals surface area contributed by atoms with Gasteiger partial charge < -0.3 is 5.11 Å². The predicted octanol–water partition coefficient (Wildman–Crippen LogP) is 4.65. The van der Waals surface area contributed by atoms with Crippen LogP contribution in [-0.4, -0.2) is 53.2 Å². The zero-order valence-electron chi connectivity index (χ0n) is 17.2. The van der Waals surface area contributed by atoms with Crippen molar-refractivity contribution < 1.29 is 5.11 Å². The van der Waals surface area contributed by atoms with E-state index in [0.717, 1.165) is 39.1 Å². The summed E-state index contributed by atoms with van der Waals surface area (Å²) >= 11 is 0. The van der Waals surface area contributed by atoms with Gasteiger partial charge in [-0.15, -0.1) is 24.8 Å². The number of halogens is 2. The second kappa shape index (κ2) is 11.3. The molecule has 0 aliphatic carbocycles. The van der Waals surface area contributed by atoms with E-state index in [9.17, 15) is 5.11 Å². The van der Waals surface area contributed by atoms with Gasteiger partial charge in [-0.1, -0.05) is 60.2 Å². The number of nitrogens with zero attached hydrogens (tertiary/aromatic N) is 2. The van der Waals surface area contributed by atoms with Gasteiger partial charge in [0.2, 0.25) is 0 Å². The topological polar surface area (TPSA) is 26.7 Å². The molecule has 2 atom stereocenters. The maximum atomic E-state index is 10.7. The molecule has 2 heterocycles. The number of aliphatic hydroxyl groups is 1. The summed E-state index contributed by atoms with van der Waals surface area (Å²) in [6.45, 7) is 7.29. The third-order valence-electron chi connectivity index (χ3n) is 6.43. The Labute approximate surface area is 187 Å². The standard InChI is InChI=1S/C24H32N2O.2ClH/c1-19-7-9-20(10-8-19)17-25-14-13-24(27)23(18-25)26-15-11-22(12-16-26)21-5-3-2-4-6-21;;/h2-10,22-24,27H,11-18H2,1H3;2*1H/t23-,24-;;/m1../s1. The van der Waals surface area contributed by atoms with E-state index < -0.39 is 0 Å². The Morgan fingerprint density at radius 2 is 1.52 bits per heavy atom. The van der Waals surface area contributed by atoms with Crippen LogP contribution in [0.3, 0.4) is 0 Å². The van der Waals surface area contributed by atoms with Gasteiger partial charge in [0.25, 0.3) is 0 Å². The van der Waals surface area contributed by atoms with Gasteiger partial charge in [0, 0.05) is 25.7 Å². The van der Waals surface area contributed by atoms with Crippen LogP contribution in [-0.2, 0) is 6.54 Å². The summed E-state index contributed by atoms with van der Waals surface area (Å²) in [6, 6.07) is 20.1. The van der Waals surface area contributed by atoms with Crippen LogP contribution >= 0.6 is 24.8 Å². The average Bonchev–Trinajstić information content (AvgIpc) is 2.72. The van der Waals surface area contributed by atoms with Gasteiger partial charge in [0.1, 0.15) is 0 Å². The van der Waals surface area contributed by atoms with Gasteiger partial charge >= 0.3 is 0 Å². The number of hydrogen-bond donors (Lipinski definition) is 1. The Bertz CT molecular complexity index is 717. The second-order valence-corrected chi connectivity index (χ2v) is 8.37. The summed E-state index contributed by atoms with van der Waals surface area (Å²) in [4.78, 5) is 5.07. The van der Waals surface area contributed by atoms with Crippen molar-refractivity contribution in [3.63, 3.8) is 0 Å². The van der Waals surface area contributed by atoms with Crippen LogP contribution in [0.25, 0.3) is 0 Å². The molecular formula is C24H34Cl2N2O. The third-order valence-corrected chi connectivity index (χ3v) is 6.43. The fourth-order valence-corrected chi connectivity index (χ4v) is 4.73. The Morgan fingerprint density at radius 3 is 2.17 bits per heavy atom. The Kier molecular flexibility index (Phi) is 9.45. The van der Waals surface area contributed by atoms with Gasteiger partial charge in [0.15, 0.2) is 0 Å². The molecule has 1 N–H and O–H groups in total. The predicted molar refractivity (Wildman–Crippen MR) is 125 cm³/mol. The molecule has 2 fully saturated rings. The molecule has 160 valence electrons. The zero-order chi connectivity index (χ0) is 18.6. The molecule has 5 heteroatoms. The lowest BCUT2D eigenvalue weighted by atomic mass is 9.88. The lowest BCUT2D eigenvalue weighted by molar-refractivity contribution is -0.0222.